The van der Waals surface area contributed by atoms with Crippen molar-refractivity contribution in [2.75, 3.05) is 13.2 Å². The van der Waals surface area contributed by atoms with Gasteiger partial charge in [-0.3, -0.25) is 9.59 Å². The van der Waals surface area contributed by atoms with Gasteiger partial charge in [0.1, 0.15) is 6.04 Å². The molecule has 0 aromatic rings. The summed E-state index contributed by atoms with van der Waals surface area (Å²) in [5.74, 6) is -1.52. The molecule has 0 aliphatic carbocycles. The Morgan fingerprint density at radius 2 is 2.14 bits per heavy atom. The zero-order chi connectivity index (χ0) is 16.0. The normalized spacial score (nSPS) is 21.1. The molecule has 0 amide bonds. The van der Waals surface area contributed by atoms with Crippen molar-refractivity contribution >= 4 is 22.1 Å². The molecule has 1 rings (SSSR count). The second kappa shape index (κ2) is 7.71. The van der Waals surface area contributed by atoms with Crippen molar-refractivity contribution in [1.29, 1.82) is 0 Å². The number of rotatable bonds is 8. The first kappa shape index (κ1) is 17.9. The van der Waals surface area contributed by atoms with Crippen LogP contribution < -0.4 is 4.72 Å². The van der Waals surface area contributed by atoms with E-state index in [2.05, 4.69) is 4.72 Å². The Morgan fingerprint density at radius 3 is 2.71 bits per heavy atom. The second-order valence-corrected chi connectivity index (χ2v) is 6.63. The Hall–Kier alpha value is -1.19. The van der Waals surface area contributed by atoms with Gasteiger partial charge in [0.05, 0.1) is 6.61 Å². The fourth-order valence-corrected chi connectivity index (χ4v) is 3.88. The van der Waals surface area contributed by atoms with E-state index in [9.17, 15) is 18.0 Å². The number of carbonyl (C=O) groups is 2. The lowest BCUT2D eigenvalue weighted by Crippen LogP contribution is -2.49. The lowest BCUT2D eigenvalue weighted by atomic mass is 10.2. The van der Waals surface area contributed by atoms with Crippen molar-refractivity contribution in [1.82, 2.24) is 9.03 Å². The third-order valence-electron chi connectivity index (χ3n) is 3.21. The van der Waals surface area contributed by atoms with Crippen molar-refractivity contribution in [2.24, 2.45) is 0 Å². The molecule has 1 aliphatic heterocycles. The van der Waals surface area contributed by atoms with Crippen LogP contribution in [0, 0.1) is 0 Å². The summed E-state index contributed by atoms with van der Waals surface area (Å²) >= 11 is 0. The SMILES string of the molecule is CCOC(=O)C1CCCN1S(=O)(=O)NC(C)CCC(=O)O. The highest BCUT2D eigenvalue weighted by Crippen LogP contribution is 2.21. The van der Waals surface area contributed by atoms with Crippen LogP contribution in [0.5, 0.6) is 0 Å². The molecule has 0 spiro atoms. The topological polar surface area (TPSA) is 113 Å². The first-order chi connectivity index (χ1) is 9.77. The summed E-state index contributed by atoms with van der Waals surface area (Å²) in [6.45, 7) is 3.71. The number of esters is 1. The highest BCUT2D eigenvalue weighted by molar-refractivity contribution is 7.87. The fourth-order valence-electron chi connectivity index (χ4n) is 2.22. The van der Waals surface area contributed by atoms with Crippen LogP contribution in [0.4, 0.5) is 0 Å². The Kier molecular flexibility index (Phi) is 6.56. The van der Waals surface area contributed by atoms with E-state index in [1.54, 1.807) is 13.8 Å². The van der Waals surface area contributed by atoms with Gasteiger partial charge in [-0.25, -0.2) is 0 Å². The first-order valence-electron chi connectivity index (χ1n) is 6.95. The molecule has 2 unspecified atom stereocenters. The summed E-state index contributed by atoms with van der Waals surface area (Å²) in [4.78, 5) is 22.3. The van der Waals surface area contributed by atoms with Crippen LogP contribution in [0.25, 0.3) is 0 Å². The molecule has 2 atom stereocenters. The van der Waals surface area contributed by atoms with E-state index in [0.717, 1.165) is 4.31 Å². The molecule has 2 N–H and O–H groups in total. The minimum atomic E-state index is -3.83. The van der Waals surface area contributed by atoms with Gasteiger partial charge in [-0.15, -0.1) is 0 Å². The predicted molar refractivity (Wildman–Crippen MR) is 74.7 cm³/mol. The maximum absolute atomic E-state index is 12.3. The average Bonchev–Trinajstić information content (AvgIpc) is 2.86. The summed E-state index contributed by atoms with van der Waals surface area (Å²) in [5, 5.41) is 8.60. The van der Waals surface area contributed by atoms with Gasteiger partial charge in [0.15, 0.2) is 0 Å². The molecule has 122 valence electrons. The van der Waals surface area contributed by atoms with Crippen LogP contribution in [-0.4, -0.2) is 55.0 Å². The number of carbonyl (C=O) groups excluding carboxylic acids is 1. The Labute approximate surface area is 124 Å². The van der Waals surface area contributed by atoms with Crippen molar-refractivity contribution in [3.8, 4) is 0 Å². The first-order valence-corrected chi connectivity index (χ1v) is 8.39. The van der Waals surface area contributed by atoms with E-state index < -0.39 is 34.2 Å². The van der Waals surface area contributed by atoms with Gasteiger partial charge in [0.2, 0.25) is 0 Å². The minimum absolute atomic E-state index is 0.120. The van der Waals surface area contributed by atoms with Gasteiger partial charge in [0.25, 0.3) is 10.2 Å². The van der Waals surface area contributed by atoms with Crippen LogP contribution >= 0.6 is 0 Å². The third-order valence-corrected chi connectivity index (χ3v) is 4.97. The molecule has 1 saturated heterocycles. The fraction of sp³-hybridized carbons (Fsp3) is 0.833. The summed E-state index contributed by atoms with van der Waals surface area (Å²) in [6.07, 6.45) is 1.09. The number of nitrogens with zero attached hydrogens (tertiary/aromatic N) is 1. The quantitative estimate of drug-likeness (QED) is 0.613. The standard InChI is InChI=1S/C12H22N2O6S/c1-3-20-12(17)10-5-4-8-14(10)21(18,19)13-9(2)6-7-11(15)16/h9-10,13H,3-8H2,1-2H3,(H,15,16). The van der Waals surface area contributed by atoms with E-state index in [0.29, 0.717) is 12.8 Å². The largest absolute Gasteiger partial charge is 0.481 e. The molecule has 21 heavy (non-hydrogen) atoms. The molecule has 0 radical (unpaired) electrons. The van der Waals surface area contributed by atoms with Crippen LogP contribution in [0.2, 0.25) is 0 Å². The number of hydrogen-bond donors (Lipinski definition) is 2. The van der Waals surface area contributed by atoms with Crippen molar-refractivity contribution in [2.45, 2.75) is 51.6 Å². The molecule has 9 heteroatoms. The summed E-state index contributed by atoms with van der Waals surface area (Å²) < 4.78 is 32.9. The highest BCUT2D eigenvalue weighted by Gasteiger charge is 2.39. The van der Waals surface area contributed by atoms with Crippen molar-refractivity contribution in [3.63, 3.8) is 0 Å². The molecule has 1 heterocycles. The highest BCUT2D eigenvalue weighted by atomic mass is 32.2. The molecule has 0 saturated carbocycles. The number of nitrogens with one attached hydrogen (secondary N) is 1. The van der Waals surface area contributed by atoms with Gasteiger partial charge in [-0.2, -0.15) is 17.4 Å². The monoisotopic (exact) mass is 322 g/mol. The summed E-state index contributed by atoms with van der Waals surface area (Å²) in [5.41, 5.74) is 0. The third kappa shape index (κ3) is 5.25. The van der Waals surface area contributed by atoms with Crippen molar-refractivity contribution in [3.05, 3.63) is 0 Å². The van der Waals surface area contributed by atoms with Gasteiger partial charge >= 0.3 is 11.9 Å². The number of ether oxygens (including phenoxy) is 1. The van der Waals surface area contributed by atoms with E-state index >= 15 is 0 Å². The van der Waals surface area contributed by atoms with E-state index in [4.69, 9.17) is 9.84 Å². The lowest BCUT2D eigenvalue weighted by molar-refractivity contribution is -0.147. The van der Waals surface area contributed by atoms with Crippen LogP contribution in [-0.2, 0) is 24.5 Å². The van der Waals surface area contributed by atoms with Gasteiger partial charge in [-0.1, -0.05) is 0 Å². The van der Waals surface area contributed by atoms with Crippen LogP contribution in [0.1, 0.15) is 39.5 Å². The van der Waals surface area contributed by atoms with Crippen LogP contribution in [0.3, 0.4) is 0 Å². The van der Waals surface area contributed by atoms with Gasteiger partial charge in [-0.05, 0) is 33.1 Å². The maximum Gasteiger partial charge on any atom is 0.324 e. The summed E-state index contributed by atoms with van der Waals surface area (Å²) in [7, 11) is -3.83. The Morgan fingerprint density at radius 1 is 1.48 bits per heavy atom. The average molecular weight is 322 g/mol. The van der Waals surface area contributed by atoms with Crippen molar-refractivity contribution < 1.29 is 27.9 Å². The van der Waals surface area contributed by atoms with Gasteiger partial charge in [0, 0.05) is 19.0 Å². The molecule has 0 bridgehead atoms. The Balaban J connectivity index is 2.67. The van der Waals surface area contributed by atoms with E-state index in [-0.39, 0.29) is 26.0 Å². The number of hydrogen-bond acceptors (Lipinski definition) is 5. The zero-order valence-corrected chi connectivity index (χ0v) is 13.1. The molecule has 0 aromatic carbocycles. The predicted octanol–water partition coefficient (Wildman–Crippen LogP) is 0.102. The van der Waals surface area contributed by atoms with E-state index in [1.165, 1.54) is 0 Å². The molecular formula is C12H22N2O6S. The number of carboxylic acids is 1. The Bertz CT molecular complexity index is 478. The maximum atomic E-state index is 12.3. The smallest absolute Gasteiger partial charge is 0.324 e. The van der Waals surface area contributed by atoms with E-state index in [1.807, 2.05) is 0 Å². The minimum Gasteiger partial charge on any atom is -0.481 e. The second-order valence-electron chi connectivity index (χ2n) is 4.98. The van der Waals surface area contributed by atoms with Gasteiger partial charge < -0.3 is 9.84 Å². The molecule has 8 nitrogen and oxygen atoms in total. The molecular weight excluding hydrogens is 300 g/mol. The zero-order valence-electron chi connectivity index (χ0n) is 12.2. The number of carboxylic acid groups (broad SMARTS) is 1. The number of aliphatic carboxylic acids is 1. The molecule has 0 aromatic heterocycles. The lowest BCUT2D eigenvalue weighted by Gasteiger charge is -2.24. The molecule has 1 fully saturated rings. The molecule has 1 aliphatic rings. The summed E-state index contributed by atoms with van der Waals surface area (Å²) in [6, 6.07) is -1.32. The van der Waals surface area contributed by atoms with Crippen LogP contribution in [0.15, 0.2) is 0 Å².